The topological polar surface area (TPSA) is 87.7 Å². The third-order valence-corrected chi connectivity index (χ3v) is 5.49. The molecule has 2 fully saturated rings. The SMILES string of the molecule is O=C(NC[C@@H]1CCCO1)c1ccc(NC(=O)[C@@H]2CC(=O)N(c3ccccc3)C2)cc1. The first-order valence-corrected chi connectivity index (χ1v) is 10.3. The fourth-order valence-electron chi connectivity index (χ4n) is 3.80. The molecule has 2 aliphatic heterocycles. The molecule has 0 bridgehead atoms. The lowest BCUT2D eigenvalue weighted by molar-refractivity contribution is -0.122. The van der Waals surface area contributed by atoms with Gasteiger partial charge in [-0.1, -0.05) is 18.2 Å². The maximum atomic E-state index is 12.6. The Morgan fingerprint density at radius 3 is 2.53 bits per heavy atom. The molecule has 2 saturated heterocycles. The van der Waals surface area contributed by atoms with Gasteiger partial charge in [0, 0.05) is 43.1 Å². The third-order valence-electron chi connectivity index (χ3n) is 5.49. The number of nitrogens with zero attached hydrogens (tertiary/aromatic N) is 1. The molecule has 0 radical (unpaired) electrons. The monoisotopic (exact) mass is 407 g/mol. The van der Waals surface area contributed by atoms with Crippen molar-refractivity contribution < 1.29 is 19.1 Å². The van der Waals surface area contributed by atoms with Crippen LogP contribution in [0.5, 0.6) is 0 Å². The van der Waals surface area contributed by atoms with Gasteiger partial charge in [0.15, 0.2) is 0 Å². The van der Waals surface area contributed by atoms with Crippen LogP contribution < -0.4 is 15.5 Å². The number of benzene rings is 2. The van der Waals surface area contributed by atoms with Crippen molar-refractivity contribution in [3.63, 3.8) is 0 Å². The number of carbonyl (C=O) groups is 3. The molecule has 2 aromatic carbocycles. The van der Waals surface area contributed by atoms with E-state index in [9.17, 15) is 14.4 Å². The van der Waals surface area contributed by atoms with E-state index in [1.165, 1.54) is 0 Å². The van der Waals surface area contributed by atoms with E-state index < -0.39 is 5.92 Å². The molecule has 2 atom stereocenters. The Bertz CT molecular complexity index is 908. The molecular formula is C23H25N3O4. The Kier molecular flexibility index (Phi) is 6.09. The van der Waals surface area contributed by atoms with Gasteiger partial charge in [-0.25, -0.2) is 0 Å². The Labute approximate surface area is 175 Å². The van der Waals surface area contributed by atoms with Crippen LogP contribution in [0.2, 0.25) is 0 Å². The number of rotatable bonds is 6. The first-order chi connectivity index (χ1) is 14.6. The second-order valence-electron chi connectivity index (χ2n) is 7.65. The number of hydrogen-bond donors (Lipinski definition) is 2. The fourth-order valence-corrected chi connectivity index (χ4v) is 3.80. The Morgan fingerprint density at radius 2 is 1.83 bits per heavy atom. The summed E-state index contributed by atoms with van der Waals surface area (Å²) in [6.45, 7) is 1.62. The molecule has 2 aliphatic rings. The van der Waals surface area contributed by atoms with Crippen LogP contribution in [-0.4, -0.2) is 43.5 Å². The van der Waals surface area contributed by atoms with Gasteiger partial charge < -0.3 is 20.3 Å². The van der Waals surface area contributed by atoms with Crippen LogP contribution in [0.4, 0.5) is 11.4 Å². The van der Waals surface area contributed by atoms with E-state index in [4.69, 9.17) is 4.74 Å². The van der Waals surface area contributed by atoms with E-state index in [1.807, 2.05) is 30.3 Å². The quantitative estimate of drug-likeness (QED) is 0.771. The average Bonchev–Trinajstić information content (AvgIpc) is 3.43. The summed E-state index contributed by atoms with van der Waals surface area (Å²) in [4.78, 5) is 38.8. The summed E-state index contributed by atoms with van der Waals surface area (Å²) in [7, 11) is 0. The van der Waals surface area contributed by atoms with Gasteiger partial charge in [0.25, 0.3) is 5.91 Å². The summed E-state index contributed by atoms with van der Waals surface area (Å²) in [5, 5.41) is 5.73. The number of amides is 3. The average molecular weight is 407 g/mol. The van der Waals surface area contributed by atoms with Crippen molar-refractivity contribution in [3.05, 3.63) is 60.2 Å². The number of hydrogen-bond acceptors (Lipinski definition) is 4. The molecule has 156 valence electrons. The highest BCUT2D eigenvalue weighted by atomic mass is 16.5. The van der Waals surface area contributed by atoms with E-state index in [-0.39, 0.29) is 30.2 Å². The minimum Gasteiger partial charge on any atom is -0.376 e. The molecule has 2 aromatic rings. The number of ether oxygens (including phenoxy) is 1. The normalized spacial score (nSPS) is 20.9. The lowest BCUT2D eigenvalue weighted by atomic mass is 10.1. The minimum absolute atomic E-state index is 0.0559. The van der Waals surface area contributed by atoms with Crippen molar-refractivity contribution in [1.82, 2.24) is 5.32 Å². The molecule has 4 rings (SSSR count). The van der Waals surface area contributed by atoms with Crippen LogP contribution in [0.25, 0.3) is 0 Å². The van der Waals surface area contributed by atoms with Gasteiger partial charge in [0.1, 0.15) is 0 Å². The van der Waals surface area contributed by atoms with Crippen LogP contribution in [0, 0.1) is 5.92 Å². The van der Waals surface area contributed by atoms with E-state index >= 15 is 0 Å². The summed E-state index contributed by atoms with van der Waals surface area (Å²) in [5.41, 5.74) is 1.93. The summed E-state index contributed by atoms with van der Waals surface area (Å²) < 4.78 is 5.50. The molecular weight excluding hydrogens is 382 g/mol. The zero-order valence-corrected chi connectivity index (χ0v) is 16.7. The summed E-state index contributed by atoms with van der Waals surface area (Å²) in [5.74, 6) is -0.827. The predicted molar refractivity (Wildman–Crippen MR) is 113 cm³/mol. The number of carbonyl (C=O) groups excluding carboxylic acids is 3. The maximum Gasteiger partial charge on any atom is 0.251 e. The Balaban J connectivity index is 1.30. The van der Waals surface area contributed by atoms with Gasteiger partial charge in [0.05, 0.1) is 12.0 Å². The molecule has 0 aliphatic carbocycles. The predicted octanol–water partition coefficient (Wildman–Crippen LogP) is 2.59. The smallest absolute Gasteiger partial charge is 0.251 e. The molecule has 2 N–H and O–H groups in total. The number of nitrogens with one attached hydrogen (secondary N) is 2. The van der Waals surface area contributed by atoms with E-state index in [0.29, 0.717) is 24.3 Å². The van der Waals surface area contributed by atoms with Crippen LogP contribution >= 0.6 is 0 Å². The van der Waals surface area contributed by atoms with E-state index in [2.05, 4.69) is 10.6 Å². The standard InChI is InChI=1S/C23H25N3O4/c27-21-13-17(15-26(21)19-5-2-1-3-6-19)23(29)25-18-10-8-16(9-11-18)22(28)24-14-20-7-4-12-30-20/h1-3,5-6,8-11,17,20H,4,7,12-15H2,(H,24,28)(H,25,29)/t17-,20+/m1/s1. The lowest BCUT2D eigenvalue weighted by Crippen LogP contribution is -2.31. The van der Waals surface area contributed by atoms with Gasteiger partial charge in [-0.3, -0.25) is 14.4 Å². The minimum atomic E-state index is -0.410. The Hall–Kier alpha value is -3.19. The Morgan fingerprint density at radius 1 is 1.07 bits per heavy atom. The molecule has 30 heavy (non-hydrogen) atoms. The van der Waals surface area contributed by atoms with Crippen molar-refractivity contribution in [3.8, 4) is 0 Å². The highest BCUT2D eigenvalue weighted by molar-refractivity contribution is 6.03. The first-order valence-electron chi connectivity index (χ1n) is 10.3. The van der Waals surface area contributed by atoms with Crippen molar-refractivity contribution in [1.29, 1.82) is 0 Å². The van der Waals surface area contributed by atoms with Gasteiger partial charge in [-0.05, 0) is 49.2 Å². The molecule has 7 heteroatoms. The first kappa shape index (κ1) is 20.1. The zero-order chi connectivity index (χ0) is 20.9. The molecule has 0 saturated carbocycles. The largest absolute Gasteiger partial charge is 0.376 e. The molecule has 0 aromatic heterocycles. The van der Waals surface area contributed by atoms with Crippen LogP contribution in [-0.2, 0) is 14.3 Å². The van der Waals surface area contributed by atoms with E-state index in [0.717, 1.165) is 25.1 Å². The molecule has 0 unspecified atom stereocenters. The van der Waals surface area contributed by atoms with Gasteiger partial charge in [0.2, 0.25) is 11.8 Å². The molecule has 3 amide bonds. The number of anilines is 2. The van der Waals surface area contributed by atoms with E-state index in [1.54, 1.807) is 29.2 Å². The van der Waals surface area contributed by atoms with Crippen LogP contribution in [0.15, 0.2) is 54.6 Å². The highest BCUT2D eigenvalue weighted by Gasteiger charge is 2.35. The van der Waals surface area contributed by atoms with Crippen LogP contribution in [0.3, 0.4) is 0 Å². The second kappa shape index (κ2) is 9.09. The highest BCUT2D eigenvalue weighted by Crippen LogP contribution is 2.26. The summed E-state index contributed by atoms with van der Waals surface area (Å²) in [6.07, 6.45) is 2.28. The fraction of sp³-hybridized carbons (Fsp3) is 0.348. The maximum absolute atomic E-state index is 12.6. The molecule has 0 spiro atoms. The van der Waals surface area contributed by atoms with Crippen molar-refractivity contribution in [2.75, 3.05) is 29.9 Å². The van der Waals surface area contributed by atoms with Crippen molar-refractivity contribution >= 4 is 29.1 Å². The van der Waals surface area contributed by atoms with Gasteiger partial charge >= 0.3 is 0 Å². The lowest BCUT2D eigenvalue weighted by Gasteiger charge is -2.16. The van der Waals surface area contributed by atoms with Crippen LogP contribution in [0.1, 0.15) is 29.6 Å². The molecule has 7 nitrogen and oxygen atoms in total. The second-order valence-corrected chi connectivity index (χ2v) is 7.65. The molecule has 2 heterocycles. The zero-order valence-electron chi connectivity index (χ0n) is 16.7. The van der Waals surface area contributed by atoms with Gasteiger partial charge in [-0.15, -0.1) is 0 Å². The van der Waals surface area contributed by atoms with Crippen molar-refractivity contribution in [2.45, 2.75) is 25.4 Å². The third kappa shape index (κ3) is 4.68. The van der Waals surface area contributed by atoms with Gasteiger partial charge in [-0.2, -0.15) is 0 Å². The summed E-state index contributed by atoms with van der Waals surface area (Å²) >= 11 is 0. The summed E-state index contributed by atoms with van der Waals surface area (Å²) in [6, 6.07) is 16.1. The number of para-hydroxylation sites is 1. The van der Waals surface area contributed by atoms with Crippen molar-refractivity contribution in [2.24, 2.45) is 5.92 Å².